The summed E-state index contributed by atoms with van der Waals surface area (Å²) in [5, 5.41) is 0. The number of cyclic esters (lactones) is 1. The number of unbranched alkanes of at least 4 members (excludes halogenated alkanes) is 1. The van der Waals surface area contributed by atoms with E-state index in [1.165, 1.54) is 0 Å². The van der Waals surface area contributed by atoms with Crippen molar-refractivity contribution >= 4 is 11.8 Å². The van der Waals surface area contributed by atoms with Gasteiger partial charge in [-0.15, -0.1) is 0 Å². The summed E-state index contributed by atoms with van der Waals surface area (Å²) in [6, 6.07) is 0. The highest BCUT2D eigenvalue weighted by molar-refractivity contribution is 5.97. The Morgan fingerprint density at radius 3 is 2.83 bits per heavy atom. The second-order valence-electron chi connectivity index (χ2n) is 3.17. The largest absolute Gasteiger partial charge is 0.462 e. The molecule has 0 N–H and O–H groups in total. The molecule has 1 saturated heterocycles. The minimum Gasteiger partial charge on any atom is -0.462 e. The molecule has 1 atom stereocenters. The number of ether oxygens (including phenoxy) is 1. The van der Waals surface area contributed by atoms with E-state index in [4.69, 9.17) is 4.74 Å². The predicted octanol–water partition coefficient (Wildman–Crippen LogP) is 1.45. The predicted molar refractivity (Wildman–Crippen MR) is 43.6 cm³/mol. The van der Waals surface area contributed by atoms with Crippen LogP contribution in [-0.2, 0) is 14.3 Å². The average molecular weight is 170 g/mol. The van der Waals surface area contributed by atoms with Gasteiger partial charge < -0.3 is 4.74 Å². The zero-order valence-corrected chi connectivity index (χ0v) is 7.34. The van der Waals surface area contributed by atoms with Gasteiger partial charge in [-0.3, -0.25) is 9.59 Å². The quantitative estimate of drug-likeness (QED) is 0.475. The molecule has 1 fully saturated rings. The minimum absolute atomic E-state index is 0.0207. The summed E-state index contributed by atoms with van der Waals surface area (Å²) in [6.45, 7) is 2.08. The van der Waals surface area contributed by atoms with Crippen molar-refractivity contribution in [1.29, 1.82) is 0 Å². The van der Waals surface area contributed by atoms with E-state index in [0.717, 1.165) is 19.3 Å². The third-order valence-corrected chi connectivity index (χ3v) is 1.97. The number of ketones is 1. The van der Waals surface area contributed by atoms with E-state index in [0.29, 0.717) is 6.42 Å². The van der Waals surface area contributed by atoms with Crippen molar-refractivity contribution in [3.8, 4) is 0 Å². The summed E-state index contributed by atoms with van der Waals surface area (Å²) in [7, 11) is 0. The van der Waals surface area contributed by atoms with Crippen molar-refractivity contribution in [3.05, 3.63) is 0 Å². The van der Waals surface area contributed by atoms with Gasteiger partial charge in [0.1, 0.15) is 18.3 Å². The lowest BCUT2D eigenvalue weighted by Gasteiger charge is -2.20. The molecule has 0 aliphatic carbocycles. The van der Waals surface area contributed by atoms with E-state index in [1.54, 1.807) is 0 Å². The highest BCUT2D eigenvalue weighted by Crippen LogP contribution is 2.16. The zero-order chi connectivity index (χ0) is 8.97. The van der Waals surface area contributed by atoms with Crippen LogP contribution in [0, 0.1) is 0 Å². The first kappa shape index (κ1) is 9.23. The second kappa shape index (κ2) is 4.24. The SMILES string of the molecule is CCCCC1CC(=O)CC(=O)O1. The maximum Gasteiger partial charge on any atom is 0.313 e. The summed E-state index contributed by atoms with van der Waals surface area (Å²) in [5.41, 5.74) is 0. The smallest absolute Gasteiger partial charge is 0.313 e. The van der Waals surface area contributed by atoms with Gasteiger partial charge in [-0.1, -0.05) is 19.8 Å². The molecule has 0 aromatic heterocycles. The summed E-state index contributed by atoms with van der Waals surface area (Å²) in [4.78, 5) is 21.8. The Bertz CT molecular complexity index is 170. The van der Waals surface area contributed by atoms with E-state index in [-0.39, 0.29) is 24.3 Å². The molecule has 0 saturated carbocycles. The molecule has 1 unspecified atom stereocenters. The van der Waals surface area contributed by atoms with E-state index in [1.807, 2.05) is 0 Å². The molecule has 0 amide bonds. The monoisotopic (exact) mass is 170 g/mol. The van der Waals surface area contributed by atoms with Crippen LogP contribution >= 0.6 is 0 Å². The molecule has 12 heavy (non-hydrogen) atoms. The van der Waals surface area contributed by atoms with Crippen LogP contribution in [-0.4, -0.2) is 17.9 Å². The molecule has 0 radical (unpaired) electrons. The van der Waals surface area contributed by atoms with E-state index in [2.05, 4.69) is 6.92 Å². The molecule has 68 valence electrons. The summed E-state index contributed by atoms with van der Waals surface area (Å²) < 4.78 is 5.00. The van der Waals surface area contributed by atoms with Crippen LogP contribution < -0.4 is 0 Å². The molecule has 3 nitrogen and oxygen atoms in total. The Hall–Kier alpha value is -0.860. The van der Waals surface area contributed by atoms with Crippen LogP contribution in [0.4, 0.5) is 0 Å². The first-order chi connectivity index (χ1) is 5.72. The third kappa shape index (κ3) is 2.64. The molecule has 1 aliphatic heterocycles. The van der Waals surface area contributed by atoms with Crippen LogP contribution in [0.3, 0.4) is 0 Å². The molecule has 3 heteroatoms. The Kier molecular flexibility index (Phi) is 3.26. The molecular formula is C9H14O3. The fourth-order valence-electron chi connectivity index (χ4n) is 1.35. The number of hydrogen-bond donors (Lipinski definition) is 0. The Labute approximate surface area is 72.1 Å². The standard InChI is InChI=1S/C9H14O3/c1-2-3-4-8-5-7(10)6-9(11)12-8/h8H,2-6H2,1H3. The third-order valence-electron chi connectivity index (χ3n) is 1.97. The van der Waals surface area contributed by atoms with Gasteiger partial charge in [0.15, 0.2) is 0 Å². The summed E-state index contributed by atoms with van der Waals surface area (Å²) in [5.74, 6) is -0.334. The number of rotatable bonds is 3. The fourth-order valence-corrected chi connectivity index (χ4v) is 1.35. The first-order valence-corrected chi connectivity index (χ1v) is 4.43. The molecule has 0 spiro atoms. The second-order valence-corrected chi connectivity index (χ2v) is 3.17. The molecule has 1 aliphatic rings. The van der Waals surface area contributed by atoms with Gasteiger partial charge in [0, 0.05) is 6.42 Å². The van der Waals surface area contributed by atoms with Crippen molar-refractivity contribution in [1.82, 2.24) is 0 Å². The maximum absolute atomic E-state index is 10.9. The van der Waals surface area contributed by atoms with Gasteiger partial charge in [-0.2, -0.15) is 0 Å². The highest BCUT2D eigenvalue weighted by Gasteiger charge is 2.25. The lowest BCUT2D eigenvalue weighted by atomic mass is 10.0. The van der Waals surface area contributed by atoms with Gasteiger partial charge in [0.05, 0.1) is 0 Å². The fraction of sp³-hybridized carbons (Fsp3) is 0.778. The van der Waals surface area contributed by atoms with Crippen molar-refractivity contribution in [2.24, 2.45) is 0 Å². The molecule has 1 rings (SSSR count). The van der Waals surface area contributed by atoms with E-state index in [9.17, 15) is 9.59 Å². The lowest BCUT2D eigenvalue weighted by Crippen LogP contribution is -2.29. The molecule has 1 heterocycles. The van der Waals surface area contributed by atoms with Gasteiger partial charge in [0.2, 0.25) is 0 Å². The molecular weight excluding hydrogens is 156 g/mol. The van der Waals surface area contributed by atoms with Crippen LogP contribution in [0.1, 0.15) is 39.0 Å². The topological polar surface area (TPSA) is 43.4 Å². The van der Waals surface area contributed by atoms with Crippen LogP contribution in [0.2, 0.25) is 0 Å². The molecule has 0 bridgehead atoms. The zero-order valence-electron chi connectivity index (χ0n) is 7.34. The van der Waals surface area contributed by atoms with Crippen molar-refractivity contribution < 1.29 is 14.3 Å². The molecule has 0 aromatic carbocycles. The van der Waals surface area contributed by atoms with Crippen molar-refractivity contribution in [3.63, 3.8) is 0 Å². The van der Waals surface area contributed by atoms with Gasteiger partial charge in [-0.05, 0) is 6.42 Å². The van der Waals surface area contributed by atoms with E-state index >= 15 is 0 Å². The Balaban J connectivity index is 2.34. The molecule has 0 aromatic rings. The minimum atomic E-state index is -0.354. The van der Waals surface area contributed by atoms with Crippen molar-refractivity contribution in [2.45, 2.75) is 45.1 Å². The maximum atomic E-state index is 10.9. The van der Waals surface area contributed by atoms with Crippen LogP contribution in [0.25, 0.3) is 0 Å². The number of hydrogen-bond acceptors (Lipinski definition) is 3. The average Bonchev–Trinajstić information content (AvgIpc) is 1.99. The van der Waals surface area contributed by atoms with Gasteiger partial charge in [-0.25, -0.2) is 0 Å². The van der Waals surface area contributed by atoms with Crippen molar-refractivity contribution in [2.75, 3.05) is 0 Å². The first-order valence-electron chi connectivity index (χ1n) is 4.43. The summed E-state index contributed by atoms with van der Waals surface area (Å²) >= 11 is 0. The highest BCUT2D eigenvalue weighted by atomic mass is 16.5. The van der Waals surface area contributed by atoms with E-state index < -0.39 is 0 Å². The number of esters is 1. The van der Waals surface area contributed by atoms with Crippen LogP contribution in [0.15, 0.2) is 0 Å². The Morgan fingerprint density at radius 2 is 2.25 bits per heavy atom. The van der Waals surface area contributed by atoms with Crippen LogP contribution in [0.5, 0.6) is 0 Å². The van der Waals surface area contributed by atoms with Gasteiger partial charge in [0.25, 0.3) is 0 Å². The number of carbonyl (C=O) groups excluding carboxylic acids is 2. The number of carbonyl (C=O) groups is 2. The lowest BCUT2D eigenvalue weighted by molar-refractivity contribution is -0.158. The Morgan fingerprint density at radius 1 is 1.50 bits per heavy atom. The summed E-state index contributed by atoms with van der Waals surface area (Å²) in [6.07, 6.45) is 3.18. The number of Topliss-reactive ketones (excluding diaryl/α,β-unsaturated/α-hetero) is 1. The van der Waals surface area contributed by atoms with Gasteiger partial charge >= 0.3 is 5.97 Å². The normalized spacial score (nSPS) is 23.9.